The van der Waals surface area contributed by atoms with Crippen molar-refractivity contribution >= 4 is 29.0 Å². The Morgan fingerprint density at radius 3 is 2.93 bits per heavy atom. The number of amides is 1. The van der Waals surface area contributed by atoms with Gasteiger partial charge >= 0.3 is 0 Å². The first-order valence-corrected chi connectivity index (χ1v) is 8.53. The van der Waals surface area contributed by atoms with E-state index in [2.05, 4.69) is 20.4 Å². The van der Waals surface area contributed by atoms with Crippen LogP contribution in [0.3, 0.4) is 0 Å². The number of hydrogen-bond acceptors (Lipinski definition) is 7. The van der Waals surface area contributed by atoms with Gasteiger partial charge < -0.3 is 20.5 Å². The first-order chi connectivity index (χ1) is 13.0. The van der Waals surface area contributed by atoms with Crippen molar-refractivity contribution in [1.82, 2.24) is 24.9 Å². The van der Waals surface area contributed by atoms with E-state index in [4.69, 9.17) is 26.8 Å². The maximum absolute atomic E-state index is 12.4. The fraction of sp³-hybridized carbons (Fsp3) is 0.294. The molecule has 3 aromatic heterocycles. The zero-order valence-electron chi connectivity index (χ0n) is 14.8. The Balaban J connectivity index is 1.54. The van der Waals surface area contributed by atoms with Gasteiger partial charge in [0.1, 0.15) is 10.7 Å². The lowest BCUT2D eigenvalue weighted by Crippen LogP contribution is -2.35. The summed E-state index contributed by atoms with van der Waals surface area (Å²) in [5, 5.41) is 7.22. The van der Waals surface area contributed by atoms with Crippen molar-refractivity contribution < 1.29 is 14.3 Å². The van der Waals surface area contributed by atoms with E-state index in [0.29, 0.717) is 40.2 Å². The third-order valence-corrected chi connectivity index (χ3v) is 3.95. The number of nitrogens with one attached hydrogen (secondary N) is 1. The van der Waals surface area contributed by atoms with Gasteiger partial charge in [-0.05, 0) is 25.1 Å². The van der Waals surface area contributed by atoms with Gasteiger partial charge in [-0.15, -0.1) is 0 Å². The lowest BCUT2D eigenvalue weighted by atomic mass is 10.2. The Kier molecular flexibility index (Phi) is 5.72. The van der Waals surface area contributed by atoms with Gasteiger partial charge in [-0.3, -0.25) is 4.79 Å². The number of carbonyl (C=O) groups is 1. The summed E-state index contributed by atoms with van der Waals surface area (Å²) in [7, 11) is 1.53. The van der Waals surface area contributed by atoms with Gasteiger partial charge in [-0.25, -0.2) is 14.5 Å². The largest absolute Gasteiger partial charge is 0.493 e. The monoisotopic (exact) mass is 390 g/mol. The van der Waals surface area contributed by atoms with Crippen LogP contribution < -0.4 is 15.8 Å². The molecule has 0 radical (unpaired) electrons. The first kappa shape index (κ1) is 18.9. The summed E-state index contributed by atoms with van der Waals surface area (Å²) in [6.45, 7) is 2.40. The minimum atomic E-state index is -0.303. The Morgan fingerprint density at radius 2 is 2.19 bits per heavy atom. The highest BCUT2D eigenvalue weighted by atomic mass is 35.5. The van der Waals surface area contributed by atoms with Crippen LogP contribution in [0.1, 0.15) is 23.0 Å². The maximum Gasteiger partial charge on any atom is 0.257 e. The maximum atomic E-state index is 12.4. The molecule has 0 aliphatic rings. The molecule has 27 heavy (non-hydrogen) atoms. The third kappa shape index (κ3) is 4.44. The Labute approximate surface area is 160 Å². The minimum absolute atomic E-state index is 0.234. The average Bonchev–Trinajstić information content (AvgIpc) is 3.05. The number of aromatic nitrogens is 4. The van der Waals surface area contributed by atoms with E-state index in [1.807, 2.05) is 6.92 Å². The molecule has 3 aromatic rings. The highest BCUT2D eigenvalue weighted by molar-refractivity contribution is 6.29. The second-order valence-corrected chi connectivity index (χ2v) is 6.24. The zero-order chi connectivity index (χ0) is 19.4. The van der Waals surface area contributed by atoms with Crippen LogP contribution in [0.4, 0.5) is 5.82 Å². The molecule has 3 heterocycles. The molecule has 10 heteroatoms. The van der Waals surface area contributed by atoms with Crippen molar-refractivity contribution in [1.29, 1.82) is 0 Å². The number of carbonyl (C=O) groups excluding carboxylic acids is 1. The van der Waals surface area contributed by atoms with Crippen LogP contribution in [-0.4, -0.2) is 45.2 Å². The molecule has 0 saturated carbocycles. The fourth-order valence-corrected chi connectivity index (χ4v) is 2.58. The molecule has 3 rings (SSSR count). The van der Waals surface area contributed by atoms with Crippen LogP contribution >= 0.6 is 11.6 Å². The molecular formula is C17H19ClN6O3. The van der Waals surface area contributed by atoms with Crippen LogP contribution in [0, 0.1) is 0 Å². The van der Waals surface area contributed by atoms with Gasteiger partial charge in [0.05, 0.1) is 32.2 Å². The zero-order valence-corrected chi connectivity index (χ0v) is 15.6. The molecule has 0 aliphatic carbocycles. The normalized spacial score (nSPS) is 12.1. The summed E-state index contributed by atoms with van der Waals surface area (Å²) in [4.78, 5) is 20.8. The summed E-state index contributed by atoms with van der Waals surface area (Å²) >= 11 is 5.89. The summed E-state index contributed by atoms with van der Waals surface area (Å²) in [6.07, 6.45) is 3.09. The number of methoxy groups -OCH3 is 1. The Morgan fingerprint density at radius 1 is 1.37 bits per heavy atom. The standard InChI is InChI=1S/C17H19ClN6O3/c1-10(8-27-9-11-3-4-13(26-2)15(19)22-11)21-17(25)12-7-20-24-6-5-14(18)23-16(12)24/h3-7,10H,8-9H2,1-2H3,(H2,19,22)(H,21,25)/t10-/m1/s1. The quantitative estimate of drug-likeness (QED) is 0.589. The minimum Gasteiger partial charge on any atom is -0.493 e. The van der Waals surface area contributed by atoms with Gasteiger partial charge in [0.15, 0.2) is 17.2 Å². The lowest BCUT2D eigenvalue weighted by molar-refractivity contribution is 0.0814. The molecule has 0 spiro atoms. The number of fused-ring (bicyclic) bond motifs is 1. The highest BCUT2D eigenvalue weighted by Crippen LogP contribution is 2.18. The van der Waals surface area contributed by atoms with Crippen molar-refractivity contribution in [2.24, 2.45) is 0 Å². The van der Waals surface area contributed by atoms with Crippen LogP contribution in [0.25, 0.3) is 5.65 Å². The summed E-state index contributed by atoms with van der Waals surface area (Å²) in [6, 6.07) is 4.87. The van der Waals surface area contributed by atoms with Crippen LogP contribution in [-0.2, 0) is 11.3 Å². The lowest BCUT2D eigenvalue weighted by Gasteiger charge is -2.14. The predicted molar refractivity (Wildman–Crippen MR) is 99.8 cm³/mol. The van der Waals surface area contributed by atoms with E-state index in [-0.39, 0.29) is 18.6 Å². The second-order valence-electron chi connectivity index (χ2n) is 5.86. The predicted octanol–water partition coefficient (Wildman–Crippen LogP) is 1.70. The van der Waals surface area contributed by atoms with Crippen molar-refractivity contribution in [3.63, 3.8) is 0 Å². The average molecular weight is 391 g/mol. The summed E-state index contributed by atoms with van der Waals surface area (Å²) in [5.74, 6) is 0.517. The molecule has 3 N–H and O–H groups in total. The molecule has 142 valence electrons. The first-order valence-electron chi connectivity index (χ1n) is 8.16. The van der Waals surface area contributed by atoms with E-state index in [9.17, 15) is 4.79 Å². The van der Waals surface area contributed by atoms with E-state index in [1.165, 1.54) is 17.8 Å². The molecule has 0 aromatic carbocycles. The molecule has 0 fully saturated rings. The molecule has 0 unspecified atom stereocenters. The molecule has 1 atom stereocenters. The number of anilines is 1. The number of rotatable bonds is 7. The number of halogens is 1. The molecule has 9 nitrogen and oxygen atoms in total. The molecular weight excluding hydrogens is 372 g/mol. The molecule has 0 bridgehead atoms. The Hall–Kier alpha value is -2.91. The van der Waals surface area contributed by atoms with E-state index in [0.717, 1.165) is 0 Å². The smallest absolute Gasteiger partial charge is 0.257 e. The number of pyridine rings is 1. The van der Waals surface area contributed by atoms with Crippen molar-refractivity contribution in [3.8, 4) is 5.75 Å². The van der Waals surface area contributed by atoms with Crippen LogP contribution in [0.15, 0.2) is 30.6 Å². The summed E-state index contributed by atoms with van der Waals surface area (Å²) < 4.78 is 12.2. The van der Waals surface area contributed by atoms with Crippen molar-refractivity contribution in [2.45, 2.75) is 19.6 Å². The van der Waals surface area contributed by atoms with E-state index < -0.39 is 0 Å². The number of nitrogen functional groups attached to an aromatic ring is 1. The van der Waals surface area contributed by atoms with Gasteiger partial charge in [0, 0.05) is 12.2 Å². The molecule has 1 amide bonds. The number of nitrogens with two attached hydrogens (primary N) is 1. The van der Waals surface area contributed by atoms with Crippen LogP contribution in [0.2, 0.25) is 5.15 Å². The summed E-state index contributed by atoms with van der Waals surface area (Å²) in [5.41, 5.74) is 7.18. The number of hydrogen-bond donors (Lipinski definition) is 2. The fourth-order valence-electron chi connectivity index (χ4n) is 2.45. The van der Waals surface area contributed by atoms with E-state index in [1.54, 1.807) is 24.4 Å². The van der Waals surface area contributed by atoms with E-state index >= 15 is 0 Å². The Bertz CT molecular complexity index is 961. The van der Waals surface area contributed by atoms with Gasteiger partial charge in [0.25, 0.3) is 5.91 Å². The van der Waals surface area contributed by atoms with Crippen molar-refractivity contribution in [3.05, 3.63) is 47.0 Å². The van der Waals surface area contributed by atoms with Crippen molar-refractivity contribution in [2.75, 3.05) is 19.5 Å². The number of nitrogens with zero attached hydrogens (tertiary/aromatic N) is 4. The third-order valence-electron chi connectivity index (χ3n) is 3.74. The molecule has 0 saturated heterocycles. The topological polar surface area (TPSA) is 117 Å². The second kappa shape index (κ2) is 8.19. The highest BCUT2D eigenvalue weighted by Gasteiger charge is 2.16. The van der Waals surface area contributed by atoms with Crippen LogP contribution in [0.5, 0.6) is 5.75 Å². The van der Waals surface area contributed by atoms with Gasteiger partial charge in [0.2, 0.25) is 0 Å². The SMILES string of the molecule is COc1ccc(COC[C@@H](C)NC(=O)c2cnn3ccc(Cl)nc23)nc1N. The van der Waals surface area contributed by atoms with Gasteiger partial charge in [-0.1, -0.05) is 11.6 Å². The number of ether oxygens (including phenoxy) is 2. The van der Waals surface area contributed by atoms with Gasteiger partial charge in [-0.2, -0.15) is 5.10 Å². The molecule has 0 aliphatic heterocycles.